The summed E-state index contributed by atoms with van der Waals surface area (Å²) in [6.07, 6.45) is 8.76. The van der Waals surface area contributed by atoms with Crippen molar-refractivity contribution in [1.29, 1.82) is 0 Å². The van der Waals surface area contributed by atoms with Crippen LogP contribution in [0, 0.1) is 6.92 Å². The Labute approximate surface area is 131 Å². The van der Waals surface area contributed by atoms with E-state index in [-0.39, 0.29) is 0 Å². The molecule has 0 atom stereocenters. The van der Waals surface area contributed by atoms with Crippen molar-refractivity contribution in [3.8, 4) is 0 Å². The molecule has 0 saturated carbocycles. The number of nitrogens with zero attached hydrogens (tertiary/aromatic N) is 4. The van der Waals surface area contributed by atoms with Gasteiger partial charge in [0.1, 0.15) is 0 Å². The highest BCUT2D eigenvalue weighted by molar-refractivity contribution is 7.09. The molecule has 4 nitrogen and oxygen atoms in total. The maximum Gasteiger partial charge on any atom is 0.0926 e. The van der Waals surface area contributed by atoms with E-state index in [9.17, 15) is 0 Å². The van der Waals surface area contributed by atoms with Gasteiger partial charge >= 0.3 is 0 Å². The van der Waals surface area contributed by atoms with Crippen LogP contribution in [-0.2, 0) is 19.5 Å². The van der Waals surface area contributed by atoms with E-state index in [0.717, 1.165) is 26.1 Å². The van der Waals surface area contributed by atoms with Gasteiger partial charge in [0.05, 0.1) is 16.9 Å². The topological polar surface area (TPSA) is 34.0 Å². The molecule has 0 bridgehead atoms. The third-order valence-corrected chi connectivity index (χ3v) is 4.57. The molecule has 0 fully saturated rings. The standard InChI is InChI=1S/C16H26N4S/c1-4-16-18-15(13-21-16)12-19(3)8-6-5-7-9-20-11-14(2)10-17-20/h10-11,13H,4-9,12H2,1-3H3. The summed E-state index contributed by atoms with van der Waals surface area (Å²) in [6, 6.07) is 0. The van der Waals surface area contributed by atoms with Crippen molar-refractivity contribution in [2.24, 2.45) is 0 Å². The first kappa shape index (κ1) is 16.2. The molecule has 2 aromatic heterocycles. The second-order valence-electron chi connectivity index (χ2n) is 5.67. The monoisotopic (exact) mass is 306 g/mol. The number of aromatic nitrogens is 3. The minimum atomic E-state index is 0.967. The largest absolute Gasteiger partial charge is 0.301 e. The lowest BCUT2D eigenvalue weighted by Crippen LogP contribution is -2.19. The van der Waals surface area contributed by atoms with Crippen molar-refractivity contribution >= 4 is 11.3 Å². The molecule has 21 heavy (non-hydrogen) atoms. The second kappa shape index (κ2) is 8.29. The van der Waals surface area contributed by atoms with Crippen LogP contribution in [0.25, 0.3) is 0 Å². The van der Waals surface area contributed by atoms with Crippen LogP contribution in [0.4, 0.5) is 0 Å². The van der Waals surface area contributed by atoms with Gasteiger partial charge in [-0.15, -0.1) is 11.3 Å². The third-order valence-electron chi connectivity index (χ3n) is 3.52. The zero-order valence-corrected chi connectivity index (χ0v) is 14.2. The molecule has 0 aromatic carbocycles. The van der Waals surface area contributed by atoms with Crippen LogP contribution in [0.2, 0.25) is 0 Å². The van der Waals surface area contributed by atoms with E-state index in [1.165, 1.54) is 35.5 Å². The Morgan fingerprint density at radius 2 is 2.14 bits per heavy atom. The maximum absolute atomic E-state index is 4.62. The summed E-state index contributed by atoms with van der Waals surface area (Å²) in [5, 5.41) is 7.75. The first-order valence-corrected chi connectivity index (χ1v) is 8.66. The molecule has 2 aromatic rings. The average Bonchev–Trinajstić information content (AvgIpc) is 3.07. The minimum Gasteiger partial charge on any atom is -0.301 e. The zero-order chi connectivity index (χ0) is 15.1. The smallest absolute Gasteiger partial charge is 0.0926 e. The summed E-state index contributed by atoms with van der Waals surface area (Å²) in [5.41, 5.74) is 2.45. The molecule has 2 heterocycles. The lowest BCUT2D eigenvalue weighted by Gasteiger charge is -2.14. The molecule has 5 heteroatoms. The molecule has 0 unspecified atom stereocenters. The van der Waals surface area contributed by atoms with Crippen molar-refractivity contribution in [3.63, 3.8) is 0 Å². The lowest BCUT2D eigenvalue weighted by molar-refractivity contribution is 0.312. The van der Waals surface area contributed by atoms with Gasteiger partial charge in [-0.05, 0) is 45.3 Å². The van der Waals surface area contributed by atoms with Crippen molar-refractivity contribution in [1.82, 2.24) is 19.7 Å². The molecule has 0 N–H and O–H groups in total. The van der Waals surface area contributed by atoms with Crippen molar-refractivity contribution < 1.29 is 0 Å². The Balaban J connectivity index is 1.57. The summed E-state index contributed by atoms with van der Waals surface area (Å²) in [5.74, 6) is 0. The molecule has 0 aliphatic carbocycles. The van der Waals surface area contributed by atoms with E-state index in [2.05, 4.69) is 47.5 Å². The number of thiazole rings is 1. The molecule has 0 aliphatic rings. The molecular weight excluding hydrogens is 280 g/mol. The van der Waals surface area contributed by atoms with E-state index in [4.69, 9.17) is 0 Å². The number of hydrogen-bond acceptors (Lipinski definition) is 4. The van der Waals surface area contributed by atoms with Crippen LogP contribution in [0.3, 0.4) is 0 Å². The van der Waals surface area contributed by atoms with Gasteiger partial charge in [-0.3, -0.25) is 4.68 Å². The van der Waals surface area contributed by atoms with Crippen molar-refractivity contribution in [2.75, 3.05) is 13.6 Å². The molecule has 0 saturated heterocycles. The molecule has 0 spiro atoms. The fourth-order valence-corrected chi connectivity index (χ4v) is 3.10. The lowest BCUT2D eigenvalue weighted by atomic mass is 10.2. The quantitative estimate of drug-likeness (QED) is 0.665. The van der Waals surface area contributed by atoms with Gasteiger partial charge in [0, 0.05) is 24.7 Å². The van der Waals surface area contributed by atoms with Gasteiger partial charge in [-0.25, -0.2) is 4.98 Å². The van der Waals surface area contributed by atoms with Crippen molar-refractivity contribution in [3.05, 3.63) is 34.0 Å². The van der Waals surface area contributed by atoms with E-state index in [0.29, 0.717) is 0 Å². The number of aryl methyl sites for hydroxylation is 3. The van der Waals surface area contributed by atoms with Gasteiger partial charge in [-0.2, -0.15) is 5.10 Å². The van der Waals surface area contributed by atoms with Gasteiger partial charge in [0.2, 0.25) is 0 Å². The first-order chi connectivity index (χ1) is 10.2. The van der Waals surface area contributed by atoms with Crippen LogP contribution in [-0.4, -0.2) is 33.3 Å². The second-order valence-corrected chi connectivity index (χ2v) is 6.61. The number of unbranched alkanes of at least 4 members (excludes halogenated alkanes) is 2. The van der Waals surface area contributed by atoms with Crippen LogP contribution in [0.1, 0.15) is 42.5 Å². The first-order valence-electron chi connectivity index (χ1n) is 7.78. The highest BCUT2D eigenvalue weighted by Crippen LogP contribution is 2.12. The zero-order valence-electron chi connectivity index (χ0n) is 13.4. The van der Waals surface area contributed by atoms with E-state index < -0.39 is 0 Å². The molecule has 2 rings (SSSR count). The summed E-state index contributed by atoms with van der Waals surface area (Å²) in [7, 11) is 2.18. The van der Waals surface area contributed by atoms with Gasteiger partial charge in [0.15, 0.2) is 0 Å². The van der Waals surface area contributed by atoms with Crippen LogP contribution in [0.5, 0.6) is 0 Å². The van der Waals surface area contributed by atoms with E-state index in [1.54, 1.807) is 11.3 Å². The van der Waals surface area contributed by atoms with Gasteiger partial charge in [-0.1, -0.05) is 13.3 Å². The summed E-state index contributed by atoms with van der Waals surface area (Å²) >= 11 is 1.78. The molecule has 0 amide bonds. The summed E-state index contributed by atoms with van der Waals surface area (Å²) in [4.78, 5) is 6.99. The Hall–Kier alpha value is -1.20. The average molecular weight is 306 g/mol. The highest BCUT2D eigenvalue weighted by Gasteiger charge is 2.04. The normalized spacial score (nSPS) is 11.4. The summed E-state index contributed by atoms with van der Waals surface area (Å²) in [6.45, 7) is 7.38. The van der Waals surface area contributed by atoms with Crippen LogP contribution in [0.15, 0.2) is 17.8 Å². The SMILES string of the molecule is CCc1nc(CN(C)CCCCCn2cc(C)cn2)cs1. The van der Waals surface area contributed by atoms with Crippen LogP contribution < -0.4 is 0 Å². The molecular formula is C16H26N4S. The fraction of sp³-hybridized carbons (Fsp3) is 0.625. The van der Waals surface area contributed by atoms with E-state index >= 15 is 0 Å². The Kier molecular flexibility index (Phi) is 6.39. The van der Waals surface area contributed by atoms with Gasteiger partial charge < -0.3 is 4.90 Å². The maximum atomic E-state index is 4.62. The predicted molar refractivity (Wildman–Crippen MR) is 88.6 cm³/mol. The Morgan fingerprint density at radius 3 is 2.81 bits per heavy atom. The molecule has 0 aliphatic heterocycles. The Bertz CT molecular complexity index is 532. The summed E-state index contributed by atoms with van der Waals surface area (Å²) < 4.78 is 2.04. The number of hydrogen-bond donors (Lipinski definition) is 0. The van der Waals surface area contributed by atoms with E-state index in [1.807, 2.05) is 10.9 Å². The van der Waals surface area contributed by atoms with Crippen molar-refractivity contribution in [2.45, 2.75) is 52.6 Å². The fourth-order valence-electron chi connectivity index (χ4n) is 2.36. The molecule has 0 radical (unpaired) electrons. The van der Waals surface area contributed by atoms with Crippen LogP contribution >= 0.6 is 11.3 Å². The minimum absolute atomic E-state index is 0.967. The van der Waals surface area contributed by atoms with Gasteiger partial charge in [0.25, 0.3) is 0 Å². The third kappa shape index (κ3) is 5.59. The molecule has 116 valence electrons. The Morgan fingerprint density at radius 1 is 1.29 bits per heavy atom. The predicted octanol–water partition coefficient (Wildman–Crippen LogP) is 3.51. The highest BCUT2D eigenvalue weighted by atomic mass is 32.1. The number of rotatable bonds is 9.